The molecule has 0 unspecified atom stereocenters. The third kappa shape index (κ3) is 4.09. The standard InChI is InChI=1S/C19H14Cl2F3N3O2/c1-3-29-19(28)17-18(25-7-9-4-5-10(20)11(21)6-9)27-16-14(24)13(23)12(22)8(2)15(16)26-17/h4-6H,3,7H2,1-2H3,(H,25,27). The van der Waals surface area contributed by atoms with Gasteiger partial charge in [-0.3, -0.25) is 0 Å². The van der Waals surface area contributed by atoms with Crippen LogP contribution in [-0.4, -0.2) is 22.5 Å². The van der Waals surface area contributed by atoms with E-state index in [0.29, 0.717) is 15.6 Å². The van der Waals surface area contributed by atoms with Crippen molar-refractivity contribution in [2.45, 2.75) is 20.4 Å². The van der Waals surface area contributed by atoms with Crippen LogP contribution >= 0.6 is 23.2 Å². The summed E-state index contributed by atoms with van der Waals surface area (Å²) in [5.41, 5.74) is -0.658. The Hall–Kier alpha value is -2.58. The summed E-state index contributed by atoms with van der Waals surface area (Å²) in [6.45, 7) is 2.98. The average molecular weight is 444 g/mol. The summed E-state index contributed by atoms with van der Waals surface area (Å²) in [6, 6.07) is 4.86. The van der Waals surface area contributed by atoms with Crippen molar-refractivity contribution in [3.63, 3.8) is 0 Å². The molecule has 152 valence electrons. The molecule has 1 heterocycles. The third-order valence-electron chi connectivity index (χ3n) is 4.09. The minimum atomic E-state index is -1.66. The van der Waals surface area contributed by atoms with Gasteiger partial charge in [-0.05, 0) is 31.5 Å². The van der Waals surface area contributed by atoms with Crippen molar-refractivity contribution in [3.8, 4) is 0 Å². The summed E-state index contributed by atoms with van der Waals surface area (Å²) in [4.78, 5) is 20.3. The molecule has 0 spiro atoms. The maximum atomic E-state index is 14.3. The van der Waals surface area contributed by atoms with Crippen LogP contribution in [0.25, 0.3) is 11.0 Å². The van der Waals surface area contributed by atoms with Gasteiger partial charge in [0.1, 0.15) is 5.52 Å². The predicted molar refractivity (Wildman–Crippen MR) is 104 cm³/mol. The normalized spacial score (nSPS) is 11.0. The molecule has 3 rings (SSSR count). The number of fused-ring (bicyclic) bond motifs is 1. The Kier molecular flexibility index (Phi) is 6.14. The minimum absolute atomic E-state index is 0.0515. The highest BCUT2D eigenvalue weighted by Gasteiger charge is 2.24. The molecular formula is C19H14Cl2F3N3O2. The van der Waals surface area contributed by atoms with E-state index in [1.165, 1.54) is 6.92 Å². The first kappa shape index (κ1) is 21.1. The number of hydrogen-bond acceptors (Lipinski definition) is 5. The molecule has 2 aromatic carbocycles. The van der Waals surface area contributed by atoms with Crippen LogP contribution in [0, 0.1) is 24.4 Å². The fourth-order valence-corrected chi connectivity index (χ4v) is 2.94. The van der Waals surface area contributed by atoms with Gasteiger partial charge >= 0.3 is 5.97 Å². The monoisotopic (exact) mass is 443 g/mol. The molecule has 1 N–H and O–H groups in total. The number of esters is 1. The second-order valence-corrected chi connectivity index (χ2v) is 6.82. The van der Waals surface area contributed by atoms with Crippen molar-refractivity contribution < 1.29 is 22.7 Å². The Morgan fingerprint density at radius 1 is 1.07 bits per heavy atom. The topological polar surface area (TPSA) is 64.1 Å². The van der Waals surface area contributed by atoms with E-state index in [4.69, 9.17) is 27.9 Å². The molecule has 0 radical (unpaired) electrons. The summed E-state index contributed by atoms with van der Waals surface area (Å²) in [6.07, 6.45) is 0. The van der Waals surface area contributed by atoms with Crippen LogP contribution < -0.4 is 5.32 Å². The van der Waals surface area contributed by atoms with E-state index >= 15 is 0 Å². The van der Waals surface area contributed by atoms with Gasteiger partial charge in [0.25, 0.3) is 0 Å². The van der Waals surface area contributed by atoms with Crippen molar-refractivity contribution in [3.05, 3.63) is 62.5 Å². The molecular weight excluding hydrogens is 430 g/mol. The van der Waals surface area contributed by atoms with Crippen molar-refractivity contribution in [1.82, 2.24) is 9.97 Å². The van der Waals surface area contributed by atoms with Gasteiger partial charge in [0, 0.05) is 12.1 Å². The van der Waals surface area contributed by atoms with E-state index in [1.807, 2.05) is 0 Å². The summed E-state index contributed by atoms with van der Waals surface area (Å²) < 4.78 is 46.9. The lowest BCUT2D eigenvalue weighted by atomic mass is 10.1. The lowest BCUT2D eigenvalue weighted by Gasteiger charge is -2.13. The number of rotatable bonds is 5. The molecule has 29 heavy (non-hydrogen) atoms. The lowest BCUT2D eigenvalue weighted by molar-refractivity contribution is 0.0520. The number of anilines is 1. The van der Waals surface area contributed by atoms with E-state index in [-0.39, 0.29) is 35.7 Å². The summed E-state index contributed by atoms with van der Waals surface area (Å²) in [5, 5.41) is 3.51. The number of nitrogens with zero attached hydrogens (tertiary/aromatic N) is 2. The Bertz CT molecular complexity index is 1130. The summed E-state index contributed by atoms with van der Waals surface area (Å²) in [5.74, 6) is -5.54. The molecule has 5 nitrogen and oxygen atoms in total. The zero-order chi connectivity index (χ0) is 21.3. The summed E-state index contributed by atoms with van der Waals surface area (Å²) in [7, 11) is 0. The second kappa shape index (κ2) is 8.42. The number of aryl methyl sites for hydroxylation is 1. The zero-order valence-electron chi connectivity index (χ0n) is 15.2. The molecule has 0 aliphatic heterocycles. The zero-order valence-corrected chi connectivity index (χ0v) is 16.8. The molecule has 3 aromatic rings. The third-order valence-corrected chi connectivity index (χ3v) is 4.83. The molecule has 0 saturated carbocycles. The highest BCUT2D eigenvalue weighted by molar-refractivity contribution is 6.42. The fourth-order valence-electron chi connectivity index (χ4n) is 2.62. The first-order valence-electron chi connectivity index (χ1n) is 8.44. The Labute approximate surface area is 173 Å². The molecule has 0 bridgehead atoms. The highest BCUT2D eigenvalue weighted by atomic mass is 35.5. The van der Waals surface area contributed by atoms with Gasteiger partial charge in [0.05, 0.1) is 22.2 Å². The number of nitrogens with one attached hydrogen (secondary N) is 1. The van der Waals surface area contributed by atoms with Crippen LogP contribution in [0.5, 0.6) is 0 Å². The van der Waals surface area contributed by atoms with Gasteiger partial charge in [-0.15, -0.1) is 0 Å². The van der Waals surface area contributed by atoms with Gasteiger partial charge in [-0.1, -0.05) is 29.3 Å². The van der Waals surface area contributed by atoms with Crippen LogP contribution in [0.1, 0.15) is 28.5 Å². The lowest BCUT2D eigenvalue weighted by Crippen LogP contribution is -2.15. The van der Waals surface area contributed by atoms with Gasteiger partial charge in [-0.25, -0.2) is 27.9 Å². The Morgan fingerprint density at radius 3 is 2.45 bits per heavy atom. The number of halogens is 5. The molecule has 0 aliphatic rings. The molecule has 0 atom stereocenters. The molecule has 10 heteroatoms. The first-order chi connectivity index (χ1) is 13.7. The van der Waals surface area contributed by atoms with Gasteiger partial charge < -0.3 is 10.1 Å². The average Bonchev–Trinajstić information content (AvgIpc) is 2.71. The van der Waals surface area contributed by atoms with Crippen molar-refractivity contribution >= 4 is 46.0 Å². The van der Waals surface area contributed by atoms with E-state index in [1.54, 1.807) is 25.1 Å². The molecule has 1 aromatic heterocycles. The SMILES string of the molecule is CCOC(=O)c1nc2c(C)c(F)c(F)c(F)c2nc1NCc1ccc(Cl)c(Cl)c1. The molecule has 0 amide bonds. The number of hydrogen-bond donors (Lipinski definition) is 1. The number of aromatic nitrogens is 2. The quantitative estimate of drug-likeness (QED) is 0.419. The van der Waals surface area contributed by atoms with Crippen molar-refractivity contribution in [2.75, 3.05) is 11.9 Å². The van der Waals surface area contributed by atoms with Crippen LogP contribution in [0.2, 0.25) is 10.0 Å². The van der Waals surface area contributed by atoms with Crippen LogP contribution in [0.4, 0.5) is 19.0 Å². The highest BCUT2D eigenvalue weighted by Crippen LogP contribution is 2.28. The van der Waals surface area contributed by atoms with Gasteiger partial charge in [-0.2, -0.15) is 0 Å². The predicted octanol–water partition coefficient (Wildman–Crippen LogP) is 5.45. The van der Waals surface area contributed by atoms with E-state index in [2.05, 4.69) is 15.3 Å². The van der Waals surface area contributed by atoms with E-state index in [0.717, 1.165) is 0 Å². The first-order valence-corrected chi connectivity index (χ1v) is 9.19. The number of benzene rings is 2. The Morgan fingerprint density at radius 2 is 1.79 bits per heavy atom. The van der Waals surface area contributed by atoms with Crippen LogP contribution in [0.15, 0.2) is 18.2 Å². The molecule has 0 saturated heterocycles. The second-order valence-electron chi connectivity index (χ2n) is 6.01. The van der Waals surface area contributed by atoms with E-state index in [9.17, 15) is 18.0 Å². The Balaban J connectivity index is 2.11. The molecule has 0 fully saturated rings. The fraction of sp³-hybridized carbons (Fsp3) is 0.211. The number of carbonyl (C=O) groups excluding carboxylic acids is 1. The summed E-state index contributed by atoms with van der Waals surface area (Å²) >= 11 is 11.9. The maximum absolute atomic E-state index is 14.3. The number of ether oxygens (including phenoxy) is 1. The van der Waals surface area contributed by atoms with Gasteiger partial charge in [0.2, 0.25) is 0 Å². The minimum Gasteiger partial charge on any atom is -0.461 e. The van der Waals surface area contributed by atoms with E-state index < -0.39 is 28.9 Å². The van der Waals surface area contributed by atoms with Crippen molar-refractivity contribution in [1.29, 1.82) is 0 Å². The van der Waals surface area contributed by atoms with Crippen LogP contribution in [0.3, 0.4) is 0 Å². The van der Waals surface area contributed by atoms with Crippen LogP contribution in [-0.2, 0) is 11.3 Å². The van der Waals surface area contributed by atoms with Gasteiger partial charge in [0.15, 0.2) is 29.0 Å². The molecule has 0 aliphatic carbocycles. The number of carbonyl (C=O) groups is 1. The smallest absolute Gasteiger partial charge is 0.360 e. The maximum Gasteiger partial charge on any atom is 0.360 e. The largest absolute Gasteiger partial charge is 0.461 e. The van der Waals surface area contributed by atoms with Crippen molar-refractivity contribution in [2.24, 2.45) is 0 Å².